The fourth-order valence-electron chi connectivity index (χ4n) is 0.973. The van der Waals surface area contributed by atoms with Crippen molar-refractivity contribution >= 4 is 11.3 Å². The molecule has 0 aliphatic carbocycles. The van der Waals surface area contributed by atoms with Gasteiger partial charge in [0.25, 0.3) is 0 Å². The highest BCUT2D eigenvalue weighted by atomic mass is 32.1. The molecular weight excluding hydrogens is 196 g/mol. The molecule has 0 radical (unpaired) electrons. The maximum atomic E-state index is 9.69. The van der Waals surface area contributed by atoms with E-state index in [1.54, 1.807) is 25.2 Å². The molecule has 2 N–H and O–H groups in total. The van der Waals surface area contributed by atoms with E-state index >= 15 is 0 Å². The Balaban J connectivity index is 2.41. The second kappa shape index (κ2) is 4.38. The number of rotatable bonds is 4. The molecule has 1 heterocycles. The Bertz CT molecular complexity index is 291. The lowest BCUT2D eigenvalue weighted by Crippen LogP contribution is -2.44. The largest absolute Gasteiger partial charge is 0.389 e. The number of aliphatic hydroxyl groups is 1. The number of aromatic nitrogens is 1. The molecule has 1 atom stereocenters. The summed E-state index contributed by atoms with van der Waals surface area (Å²) in [7, 11) is 0. The normalized spacial score (nSPS) is 14.4. The topological polar surface area (TPSA) is 45.2 Å². The van der Waals surface area contributed by atoms with Crippen molar-refractivity contribution in [3.8, 4) is 0 Å². The Morgan fingerprint density at radius 3 is 2.71 bits per heavy atom. The molecule has 80 valence electrons. The van der Waals surface area contributed by atoms with Gasteiger partial charge in [-0.1, -0.05) is 0 Å². The summed E-state index contributed by atoms with van der Waals surface area (Å²) in [4.78, 5) is 5.46. The third kappa shape index (κ3) is 3.36. The van der Waals surface area contributed by atoms with Gasteiger partial charge in [-0.25, -0.2) is 4.98 Å². The molecule has 1 unspecified atom stereocenters. The van der Waals surface area contributed by atoms with Crippen molar-refractivity contribution in [1.82, 2.24) is 10.3 Å². The molecule has 0 fully saturated rings. The van der Waals surface area contributed by atoms with Crippen molar-refractivity contribution in [3.63, 3.8) is 0 Å². The first-order valence-electron chi connectivity index (χ1n) is 4.76. The van der Waals surface area contributed by atoms with Gasteiger partial charge >= 0.3 is 0 Å². The van der Waals surface area contributed by atoms with Crippen molar-refractivity contribution in [1.29, 1.82) is 0 Å². The van der Waals surface area contributed by atoms with Crippen LogP contribution >= 0.6 is 11.3 Å². The average Bonchev–Trinajstić information content (AvgIpc) is 2.45. The van der Waals surface area contributed by atoms with Gasteiger partial charge in [0.15, 0.2) is 0 Å². The van der Waals surface area contributed by atoms with Crippen LogP contribution < -0.4 is 5.32 Å². The summed E-state index contributed by atoms with van der Waals surface area (Å²) in [5.41, 5.74) is -0.688. The first-order valence-corrected chi connectivity index (χ1v) is 5.58. The fourth-order valence-corrected chi connectivity index (χ4v) is 1.71. The molecule has 0 saturated heterocycles. The number of nitrogens with one attached hydrogen (secondary N) is 1. The third-order valence-corrected chi connectivity index (χ3v) is 3.20. The molecule has 0 aliphatic heterocycles. The summed E-state index contributed by atoms with van der Waals surface area (Å²) in [5, 5.41) is 14.0. The molecule has 14 heavy (non-hydrogen) atoms. The zero-order valence-electron chi connectivity index (χ0n) is 9.16. The van der Waals surface area contributed by atoms with Crippen molar-refractivity contribution in [3.05, 3.63) is 16.1 Å². The zero-order chi connectivity index (χ0) is 10.8. The summed E-state index contributed by atoms with van der Waals surface area (Å²) in [6.45, 7) is 8.35. The minimum Gasteiger partial charge on any atom is -0.389 e. The maximum Gasteiger partial charge on any atom is 0.107 e. The van der Waals surface area contributed by atoms with Gasteiger partial charge in [0.1, 0.15) is 5.01 Å². The molecule has 0 saturated carbocycles. The van der Waals surface area contributed by atoms with E-state index < -0.39 is 5.60 Å². The van der Waals surface area contributed by atoms with Crippen LogP contribution in [0.1, 0.15) is 30.7 Å². The zero-order valence-corrected chi connectivity index (χ0v) is 9.98. The maximum absolute atomic E-state index is 9.69. The molecule has 0 spiro atoms. The van der Waals surface area contributed by atoms with Crippen molar-refractivity contribution < 1.29 is 5.11 Å². The highest BCUT2D eigenvalue weighted by molar-refractivity contribution is 7.11. The van der Waals surface area contributed by atoms with Gasteiger partial charge in [-0.05, 0) is 27.7 Å². The van der Waals surface area contributed by atoms with Gasteiger partial charge in [-0.2, -0.15) is 0 Å². The molecule has 1 rings (SSSR count). The quantitative estimate of drug-likeness (QED) is 0.802. The van der Waals surface area contributed by atoms with Crippen LogP contribution in [0.4, 0.5) is 0 Å². The molecular formula is C10H18N2OS. The van der Waals surface area contributed by atoms with Crippen molar-refractivity contribution in [2.24, 2.45) is 0 Å². The van der Waals surface area contributed by atoms with E-state index in [-0.39, 0.29) is 6.04 Å². The summed E-state index contributed by atoms with van der Waals surface area (Å²) in [5.74, 6) is 0. The summed E-state index contributed by atoms with van der Waals surface area (Å²) < 4.78 is 0. The molecule has 1 aromatic rings. The Morgan fingerprint density at radius 1 is 1.64 bits per heavy atom. The summed E-state index contributed by atoms with van der Waals surface area (Å²) in [6.07, 6.45) is 1.87. The number of hydrogen-bond acceptors (Lipinski definition) is 4. The van der Waals surface area contributed by atoms with E-state index in [9.17, 15) is 5.11 Å². The van der Waals surface area contributed by atoms with Gasteiger partial charge in [-0.15, -0.1) is 11.3 Å². The van der Waals surface area contributed by atoms with Gasteiger partial charge in [0, 0.05) is 23.7 Å². The Kier molecular flexibility index (Phi) is 3.64. The van der Waals surface area contributed by atoms with E-state index in [1.165, 1.54) is 4.88 Å². The van der Waals surface area contributed by atoms with Crippen LogP contribution in [0.2, 0.25) is 0 Å². The minimum atomic E-state index is -0.688. The molecule has 0 bridgehead atoms. The number of thiazole rings is 1. The van der Waals surface area contributed by atoms with Crippen LogP contribution in [0.3, 0.4) is 0 Å². The lowest BCUT2D eigenvalue weighted by molar-refractivity contribution is 0.0437. The van der Waals surface area contributed by atoms with Crippen LogP contribution in [-0.2, 0) is 6.54 Å². The van der Waals surface area contributed by atoms with Crippen LogP contribution in [0.5, 0.6) is 0 Å². The van der Waals surface area contributed by atoms with Gasteiger partial charge in [0.2, 0.25) is 0 Å². The van der Waals surface area contributed by atoms with E-state index in [2.05, 4.69) is 10.3 Å². The number of aryl methyl sites for hydroxylation is 1. The minimum absolute atomic E-state index is 0.0618. The molecule has 0 amide bonds. The van der Waals surface area contributed by atoms with Crippen LogP contribution in [0.15, 0.2) is 6.20 Å². The van der Waals surface area contributed by atoms with Crippen LogP contribution in [0, 0.1) is 6.92 Å². The lowest BCUT2D eigenvalue weighted by Gasteiger charge is -2.26. The lowest BCUT2D eigenvalue weighted by atomic mass is 10.0. The van der Waals surface area contributed by atoms with E-state index in [1.807, 2.05) is 20.0 Å². The van der Waals surface area contributed by atoms with Crippen molar-refractivity contribution in [2.75, 3.05) is 0 Å². The monoisotopic (exact) mass is 214 g/mol. The third-order valence-electron chi connectivity index (χ3n) is 2.29. The SMILES string of the molecule is Cc1cnc(CNC(C)C(C)(C)O)s1. The number of nitrogens with zero attached hydrogens (tertiary/aromatic N) is 1. The first kappa shape index (κ1) is 11.6. The van der Waals surface area contributed by atoms with Gasteiger partial charge < -0.3 is 10.4 Å². The Morgan fingerprint density at radius 2 is 2.29 bits per heavy atom. The average molecular weight is 214 g/mol. The van der Waals surface area contributed by atoms with E-state index in [0.717, 1.165) is 11.6 Å². The molecule has 1 aromatic heterocycles. The molecule has 0 aromatic carbocycles. The predicted molar refractivity (Wildman–Crippen MR) is 59.5 cm³/mol. The van der Waals surface area contributed by atoms with Gasteiger partial charge in [0.05, 0.1) is 5.60 Å². The molecule has 4 heteroatoms. The van der Waals surface area contributed by atoms with E-state index in [0.29, 0.717) is 0 Å². The van der Waals surface area contributed by atoms with Crippen LogP contribution in [-0.4, -0.2) is 21.7 Å². The standard InChI is InChI=1S/C10H18N2OS/c1-7-5-12-9(14-7)6-11-8(2)10(3,4)13/h5,8,11,13H,6H2,1-4H3. The smallest absolute Gasteiger partial charge is 0.107 e. The predicted octanol–water partition coefficient (Wildman–Crippen LogP) is 1.70. The highest BCUT2D eigenvalue weighted by Crippen LogP contribution is 2.12. The fraction of sp³-hybridized carbons (Fsp3) is 0.700. The summed E-state index contributed by atoms with van der Waals surface area (Å²) in [6, 6.07) is 0.0618. The van der Waals surface area contributed by atoms with Gasteiger partial charge in [-0.3, -0.25) is 0 Å². The van der Waals surface area contributed by atoms with E-state index in [4.69, 9.17) is 0 Å². The first-order chi connectivity index (χ1) is 6.39. The van der Waals surface area contributed by atoms with Crippen molar-refractivity contribution in [2.45, 2.75) is 45.9 Å². The Labute approximate surface area is 89.2 Å². The highest BCUT2D eigenvalue weighted by Gasteiger charge is 2.21. The second-order valence-electron chi connectivity index (χ2n) is 4.12. The Hall–Kier alpha value is -0.450. The molecule has 3 nitrogen and oxygen atoms in total. The number of hydrogen-bond donors (Lipinski definition) is 2. The van der Waals surface area contributed by atoms with Crippen LogP contribution in [0.25, 0.3) is 0 Å². The second-order valence-corrected chi connectivity index (χ2v) is 5.44. The summed E-state index contributed by atoms with van der Waals surface area (Å²) >= 11 is 1.69. The molecule has 0 aliphatic rings.